The molecule has 0 aliphatic heterocycles. The van der Waals surface area contributed by atoms with E-state index in [1.165, 1.54) is 0 Å². The van der Waals surface area contributed by atoms with E-state index in [2.05, 4.69) is 4.18 Å². The van der Waals surface area contributed by atoms with Crippen LogP contribution in [0.4, 0.5) is 0 Å². The van der Waals surface area contributed by atoms with Gasteiger partial charge in [-0.1, -0.05) is 0 Å². The molecule has 0 fully saturated rings. The molecular weight excluding hydrogens is 222 g/mol. The summed E-state index contributed by atoms with van der Waals surface area (Å²) in [5, 5.41) is 0.614. The molecule has 0 aromatic rings. The molecule has 0 radical (unpaired) electrons. The first kappa shape index (κ1) is 12.2. The molecule has 0 rings (SSSR count). The predicted octanol–water partition coefficient (Wildman–Crippen LogP) is -1.93. The molecule has 0 aromatic heterocycles. The summed E-state index contributed by atoms with van der Waals surface area (Å²) in [6, 6.07) is 0. The van der Waals surface area contributed by atoms with Crippen LogP contribution in [0, 0.1) is 0 Å². The van der Waals surface area contributed by atoms with Crippen LogP contribution in [0.2, 0.25) is 0 Å². The Labute approximate surface area is 77.9 Å². The smallest absolute Gasteiger partial charge is 0.367 e. The summed E-state index contributed by atoms with van der Waals surface area (Å²) in [7, 11) is -4.83. The van der Waals surface area contributed by atoms with E-state index in [4.69, 9.17) is 10.3 Å². The Bertz CT molecular complexity index is 351. The van der Waals surface area contributed by atoms with Crippen LogP contribution in [0.3, 0.4) is 0 Å². The van der Waals surface area contributed by atoms with Crippen molar-refractivity contribution in [2.45, 2.75) is 12.5 Å². The molecule has 1 unspecified atom stereocenters. The van der Waals surface area contributed by atoms with Gasteiger partial charge in [0.2, 0.25) is 0 Å². The van der Waals surface area contributed by atoms with Gasteiger partial charge in [0.05, 0.1) is 16.6 Å². The molecule has 0 saturated carbocycles. The summed E-state index contributed by atoms with van der Waals surface area (Å²) in [4.78, 5) is 10.6. The molecule has 0 aliphatic rings. The van der Waals surface area contributed by atoms with Crippen LogP contribution in [0.5, 0.6) is 0 Å². The number of nitrogens with two attached hydrogens (primary N) is 1. The van der Waals surface area contributed by atoms with Crippen molar-refractivity contribution in [3.63, 3.8) is 0 Å². The highest BCUT2D eigenvalue weighted by Crippen LogP contribution is 2.09. The zero-order chi connectivity index (χ0) is 10.7. The first-order chi connectivity index (χ1) is 5.71. The number of hydrogen-bond acceptors (Lipinski definition) is 5. The summed E-state index contributed by atoms with van der Waals surface area (Å²) in [6.07, 6.45) is 0. The summed E-state index contributed by atoms with van der Waals surface area (Å²) in [6.45, 7) is 0.938. The van der Waals surface area contributed by atoms with Crippen LogP contribution in [-0.2, 0) is 30.6 Å². The van der Waals surface area contributed by atoms with Crippen molar-refractivity contribution >= 4 is 32.9 Å². The van der Waals surface area contributed by atoms with E-state index < -0.39 is 21.9 Å². The van der Waals surface area contributed by atoms with Crippen LogP contribution in [0.1, 0.15) is 6.92 Å². The number of carbonyl (C=O) groups is 1. The lowest BCUT2D eigenvalue weighted by Crippen LogP contribution is -2.46. The lowest BCUT2D eigenvalue weighted by Gasteiger charge is -2.17. The van der Waals surface area contributed by atoms with Crippen molar-refractivity contribution in [2.75, 3.05) is 0 Å². The Morgan fingerprint density at radius 3 is 2.38 bits per heavy atom. The summed E-state index contributed by atoms with van der Waals surface area (Å²) in [5.74, 6) is -1.20. The molecule has 0 bridgehead atoms. The molecule has 0 aromatic carbocycles. The fourth-order valence-electron chi connectivity index (χ4n) is 0.429. The van der Waals surface area contributed by atoms with Gasteiger partial charge in [0.1, 0.15) is 0 Å². The van der Waals surface area contributed by atoms with Crippen molar-refractivity contribution in [3.05, 3.63) is 0 Å². The number of carbonyl (C=O) groups excluding carboxylic acids is 1. The Morgan fingerprint density at radius 2 is 2.15 bits per heavy atom. The van der Waals surface area contributed by atoms with Gasteiger partial charge in [-0.25, -0.2) is 8.39 Å². The quantitative estimate of drug-likeness (QED) is 0.427. The Balaban J connectivity index is 5.05. The van der Waals surface area contributed by atoms with Gasteiger partial charge in [-0.05, 0) is 6.92 Å². The molecule has 7 nitrogen and oxygen atoms in total. The van der Waals surface area contributed by atoms with E-state index in [1.54, 1.807) is 0 Å². The van der Waals surface area contributed by atoms with Gasteiger partial charge < -0.3 is 5.73 Å². The minimum absolute atomic E-state index is 0.199. The van der Waals surface area contributed by atoms with Gasteiger partial charge in [-0.2, -0.15) is 8.42 Å². The van der Waals surface area contributed by atoms with E-state index in [9.17, 15) is 17.4 Å². The van der Waals surface area contributed by atoms with E-state index in [-0.39, 0.29) is 11.3 Å². The van der Waals surface area contributed by atoms with Crippen molar-refractivity contribution in [1.82, 2.24) is 0 Å². The average molecular weight is 229 g/mol. The third-order valence-electron chi connectivity index (χ3n) is 1.04. The van der Waals surface area contributed by atoms with Crippen LogP contribution in [0.15, 0.2) is 0 Å². The van der Waals surface area contributed by atoms with Gasteiger partial charge >= 0.3 is 10.4 Å². The molecule has 13 heavy (non-hydrogen) atoms. The minimum Gasteiger partial charge on any atom is -0.367 e. The Kier molecular flexibility index (Phi) is 3.72. The topological polar surface area (TPSA) is 124 Å². The first-order valence-corrected chi connectivity index (χ1v) is 4.99. The fourth-order valence-corrected chi connectivity index (χ4v) is 1.41. The molecule has 0 spiro atoms. The zero-order valence-corrected chi connectivity index (χ0v) is 8.09. The third-order valence-corrected chi connectivity index (χ3v) is 2.14. The van der Waals surface area contributed by atoms with Crippen molar-refractivity contribution in [2.24, 2.45) is 5.73 Å². The zero-order valence-electron chi connectivity index (χ0n) is 6.46. The molecule has 3 N–H and O–H groups in total. The van der Waals surface area contributed by atoms with Gasteiger partial charge in [0.25, 0.3) is 5.91 Å². The van der Waals surface area contributed by atoms with Gasteiger partial charge in [-0.15, -0.1) is 0 Å². The molecule has 1 amide bonds. The van der Waals surface area contributed by atoms with Crippen molar-refractivity contribution in [1.29, 1.82) is 0 Å². The normalized spacial score (nSPS) is 15.8. The molecule has 1 atom stereocenters. The second-order valence-corrected chi connectivity index (χ2v) is 3.65. The summed E-state index contributed by atoms with van der Waals surface area (Å²) in [5.41, 5.74) is 2.60. The maximum Gasteiger partial charge on any atom is 0.398 e. The highest BCUT2D eigenvalue weighted by Gasteiger charge is 2.35. The maximum absolute atomic E-state index is 10.6. The molecular formula is C4H7NO6S2. The largest absolute Gasteiger partial charge is 0.398 e. The first-order valence-electron chi connectivity index (χ1n) is 2.82. The van der Waals surface area contributed by atoms with Crippen molar-refractivity contribution < 1.29 is 26.2 Å². The lowest BCUT2D eigenvalue weighted by atomic mass is 10.1. The van der Waals surface area contributed by atoms with E-state index >= 15 is 0 Å². The number of amides is 1. The predicted molar refractivity (Wildman–Crippen MR) is 44.4 cm³/mol. The van der Waals surface area contributed by atoms with Crippen LogP contribution in [-0.4, -0.2) is 34.1 Å². The molecule has 0 aliphatic carbocycles. The van der Waals surface area contributed by atoms with Gasteiger partial charge in [0, 0.05) is 0 Å². The van der Waals surface area contributed by atoms with Crippen LogP contribution >= 0.6 is 0 Å². The maximum atomic E-state index is 10.6. The highest BCUT2D eigenvalue weighted by molar-refractivity contribution is 7.81. The number of hydrogen-bond donors (Lipinski definition) is 2. The van der Waals surface area contributed by atoms with Gasteiger partial charge in [0.15, 0.2) is 5.60 Å². The number of primary amides is 1. The van der Waals surface area contributed by atoms with Crippen LogP contribution < -0.4 is 5.73 Å². The van der Waals surface area contributed by atoms with E-state index in [1.807, 2.05) is 0 Å². The average Bonchev–Trinajstić information content (AvgIpc) is 1.82. The molecule has 0 saturated heterocycles. The molecule has 0 heterocycles. The fraction of sp³-hybridized carbons (Fsp3) is 0.500. The monoisotopic (exact) mass is 229 g/mol. The minimum atomic E-state index is -4.83. The lowest BCUT2D eigenvalue weighted by molar-refractivity contribution is -0.127. The molecule has 9 heteroatoms. The number of rotatable bonds is 4. The second-order valence-electron chi connectivity index (χ2n) is 2.20. The van der Waals surface area contributed by atoms with E-state index in [0.29, 0.717) is 5.37 Å². The highest BCUT2D eigenvalue weighted by atomic mass is 32.3. The summed E-state index contributed by atoms with van der Waals surface area (Å²) < 4.78 is 42.6. The standard InChI is InChI=1S/C4H7NO6S2/c1-4(2-12-7,3(5)6)11-13(8,9)10/h2H,1H3,(H2,5,6)(H,8,9,10). The Hall–Kier alpha value is -0.770. The third kappa shape index (κ3) is 4.12. The Morgan fingerprint density at radius 1 is 1.69 bits per heavy atom. The summed E-state index contributed by atoms with van der Waals surface area (Å²) >= 11 is -0.199. The molecule has 76 valence electrons. The SMILES string of the molecule is CC(C=S=O)(OS(=O)(=O)O)C(N)=O. The van der Waals surface area contributed by atoms with Crippen LogP contribution in [0.25, 0.3) is 0 Å². The second kappa shape index (κ2) is 3.96. The van der Waals surface area contributed by atoms with Crippen molar-refractivity contribution in [3.8, 4) is 0 Å². The van der Waals surface area contributed by atoms with Gasteiger partial charge in [-0.3, -0.25) is 9.35 Å². The van der Waals surface area contributed by atoms with E-state index in [0.717, 1.165) is 6.92 Å².